The van der Waals surface area contributed by atoms with Crippen molar-refractivity contribution in [3.8, 4) is 0 Å². The molecule has 0 aliphatic heterocycles. The maximum Gasteiger partial charge on any atom is 0.243 e. The van der Waals surface area contributed by atoms with Gasteiger partial charge in [-0.05, 0) is 25.1 Å². The summed E-state index contributed by atoms with van der Waals surface area (Å²) in [6.07, 6.45) is 4.98. The number of amides is 1. The first-order valence-electron chi connectivity index (χ1n) is 7.38. The van der Waals surface area contributed by atoms with Crippen molar-refractivity contribution in [3.05, 3.63) is 42.5 Å². The third kappa shape index (κ3) is 6.52. The smallest absolute Gasteiger partial charge is 0.243 e. The monoisotopic (exact) mass is 443 g/mol. The van der Waals surface area contributed by atoms with Crippen LogP contribution in [-0.2, 0) is 18.4 Å². The van der Waals surface area contributed by atoms with Gasteiger partial charge < -0.3 is 16.0 Å². The summed E-state index contributed by atoms with van der Waals surface area (Å²) in [5.41, 5.74) is 1.65. The molecule has 130 valence electrons. The highest BCUT2D eigenvalue weighted by Gasteiger charge is 2.05. The molecule has 0 atom stereocenters. The Morgan fingerprint density at radius 2 is 2.12 bits per heavy atom. The molecule has 0 unspecified atom stereocenters. The quantitative estimate of drug-likeness (QED) is 0.354. The summed E-state index contributed by atoms with van der Waals surface area (Å²) in [6.45, 7) is 3.28. The molecule has 1 amide bonds. The van der Waals surface area contributed by atoms with Crippen LogP contribution in [0.15, 0.2) is 41.8 Å². The largest absolute Gasteiger partial charge is 0.357 e. The minimum Gasteiger partial charge on any atom is -0.357 e. The van der Waals surface area contributed by atoms with Gasteiger partial charge in [0.15, 0.2) is 5.96 Å². The van der Waals surface area contributed by atoms with E-state index < -0.39 is 0 Å². The summed E-state index contributed by atoms with van der Waals surface area (Å²) < 4.78 is 1.77. The molecule has 0 saturated heterocycles. The van der Waals surface area contributed by atoms with Crippen LogP contribution in [0.25, 0.3) is 0 Å². The number of nitrogens with zero attached hydrogens (tertiary/aromatic N) is 4. The lowest BCUT2D eigenvalue weighted by Gasteiger charge is -2.11. The van der Waals surface area contributed by atoms with Crippen LogP contribution in [0.4, 0.5) is 5.69 Å². The molecule has 2 rings (SSSR count). The van der Waals surface area contributed by atoms with Gasteiger partial charge in [0.25, 0.3) is 0 Å². The second-order valence-electron chi connectivity index (χ2n) is 4.78. The van der Waals surface area contributed by atoms with Gasteiger partial charge in [0, 0.05) is 26.0 Å². The first-order chi connectivity index (χ1) is 11.2. The molecule has 0 aromatic carbocycles. The number of aliphatic imine (C=N–C) groups is 1. The fourth-order valence-electron chi connectivity index (χ4n) is 1.86. The van der Waals surface area contributed by atoms with Crippen molar-refractivity contribution in [1.29, 1.82) is 0 Å². The van der Waals surface area contributed by atoms with E-state index in [0.29, 0.717) is 24.7 Å². The molecular formula is C15H22IN7O. The number of halogens is 1. The van der Waals surface area contributed by atoms with Gasteiger partial charge in [-0.15, -0.1) is 24.0 Å². The summed E-state index contributed by atoms with van der Waals surface area (Å²) >= 11 is 0. The average molecular weight is 443 g/mol. The summed E-state index contributed by atoms with van der Waals surface area (Å²) in [5, 5.41) is 13.0. The number of pyridine rings is 1. The van der Waals surface area contributed by atoms with Crippen molar-refractivity contribution < 1.29 is 4.79 Å². The second-order valence-corrected chi connectivity index (χ2v) is 4.78. The lowest BCUT2D eigenvalue weighted by molar-refractivity contribution is -0.115. The number of hydrogen-bond donors (Lipinski definition) is 3. The van der Waals surface area contributed by atoms with Crippen LogP contribution in [0.2, 0.25) is 0 Å². The van der Waals surface area contributed by atoms with Crippen LogP contribution in [0.5, 0.6) is 0 Å². The molecule has 2 aromatic heterocycles. The van der Waals surface area contributed by atoms with Crippen LogP contribution in [0.1, 0.15) is 12.6 Å². The van der Waals surface area contributed by atoms with Gasteiger partial charge in [0.2, 0.25) is 5.91 Å². The Morgan fingerprint density at radius 3 is 2.75 bits per heavy atom. The summed E-state index contributed by atoms with van der Waals surface area (Å²) in [5.74, 6) is 0.416. The molecule has 0 fully saturated rings. The molecule has 24 heavy (non-hydrogen) atoms. The molecule has 0 aliphatic carbocycles. The molecule has 0 saturated carbocycles. The van der Waals surface area contributed by atoms with Gasteiger partial charge >= 0.3 is 0 Å². The zero-order chi connectivity index (χ0) is 16.5. The standard InChI is InChI=1S/C15H21N7O.HI/c1-3-17-15(18-10-13-6-8-20-22(13)2)19-11-14(23)21-12-5-4-7-16-9-12;/h4-9H,3,10-11H2,1-2H3,(H,21,23)(H2,17,18,19);1H. The maximum absolute atomic E-state index is 11.9. The van der Waals surface area contributed by atoms with E-state index in [1.54, 1.807) is 35.4 Å². The number of rotatable bonds is 6. The predicted octanol–water partition coefficient (Wildman–Crippen LogP) is 1.13. The number of aromatic nitrogens is 3. The lowest BCUT2D eigenvalue weighted by atomic mass is 10.4. The number of anilines is 1. The van der Waals surface area contributed by atoms with Crippen LogP contribution >= 0.6 is 24.0 Å². The van der Waals surface area contributed by atoms with Crippen LogP contribution in [0.3, 0.4) is 0 Å². The van der Waals surface area contributed by atoms with Gasteiger partial charge in [-0.3, -0.25) is 14.5 Å². The third-order valence-corrected chi connectivity index (χ3v) is 3.03. The van der Waals surface area contributed by atoms with Crippen molar-refractivity contribution in [2.24, 2.45) is 12.0 Å². The van der Waals surface area contributed by atoms with Crippen LogP contribution in [0, 0.1) is 0 Å². The van der Waals surface area contributed by atoms with E-state index in [1.165, 1.54) is 0 Å². The van der Waals surface area contributed by atoms with Crippen molar-refractivity contribution >= 4 is 41.5 Å². The molecule has 2 aromatic rings. The normalized spacial score (nSPS) is 10.7. The van der Waals surface area contributed by atoms with Crippen molar-refractivity contribution in [2.45, 2.75) is 13.5 Å². The fraction of sp³-hybridized carbons (Fsp3) is 0.333. The van der Waals surface area contributed by atoms with Gasteiger partial charge in [-0.2, -0.15) is 5.10 Å². The average Bonchev–Trinajstić information content (AvgIpc) is 2.96. The van der Waals surface area contributed by atoms with E-state index in [9.17, 15) is 4.79 Å². The number of hydrogen-bond acceptors (Lipinski definition) is 4. The number of nitrogens with one attached hydrogen (secondary N) is 3. The summed E-state index contributed by atoms with van der Waals surface area (Å²) in [4.78, 5) is 20.3. The topological polar surface area (TPSA) is 96.2 Å². The molecule has 0 spiro atoms. The SMILES string of the molecule is CCNC(=NCc1ccnn1C)NCC(=O)Nc1cccnc1.I. The van der Waals surface area contributed by atoms with Gasteiger partial charge in [0.1, 0.15) is 0 Å². The fourth-order valence-corrected chi connectivity index (χ4v) is 1.86. The molecule has 8 nitrogen and oxygen atoms in total. The number of guanidine groups is 1. The van der Waals surface area contributed by atoms with Crippen LogP contribution in [-0.4, -0.2) is 39.7 Å². The highest BCUT2D eigenvalue weighted by atomic mass is 127. The number of carbonyl (C=O) groups excluding carboxylic acids is 1. The third-order valence-electron chi connectivity index (χ3n) is 3.03. The minimum atomic E-state index is -0.163. The highest BCUT2D eigenvalue weighted by Crippen LogP contribution is 2.01. The Morgan fingerprint density at radius 1 is 1.29 bits per heavy atom. The molecule has 0 radical (unpaired) electrons. The zero-order valence-corrected chi connectivity index (χ0v) is 16.0. The molecule has 9 heteroatoms. The Balaban J connectivity index is 0.00000288. The van der Waals surface area contributed by atoms with E-state index >= 15 is 0 Å². The van der Waals surface area contributed by atoms with E-state index in [0.717, 1.165) is 5.69 Å². The molecule has 3 N–H and O–H groups in total. The van der Waals surface area contributed by atoms with Crippen LogP contribution < -0.4 is 16.0 Å². The molecule has 0 bridgehead atoms. The van der Waals surface area contributed by atoms with Gasteiger partial charge in [0.05, 0.1) is 30.7 Å². The minimum absolute atomic E-state index is 0. The van der Waals surface area contributed by atoms with E-state index in [2.05, 4.69) is 31.0 Å². The Kier molecular flexibility index (Phi) is 8.76. The lowest BCUT2D eigenvalue weighted by Crippen LogP contribution is -2.41. The van der Waals surface area contributed by atoms with Gasteiger partial charge in [-0.1, -0.05) is 0 Å². The first kappa shape index (κ1) is 19.9. The molecule has 2 heterocycles. The number of aryl methyl sites for hydroxylation is 1. The Bertz CT molecular complexity index is 657. The summed E-state index contributed by atoms with van der Waals surface area (Å²) in [7, 11) is 1.87. The predicted molar refractivity (Wildman–Crippen MR) is 104 cm³/mol. The highest BCUT2D eigenvalue weighted by molar-refractivity contribution is 14.0. The molecular weight excluding hydrogens is 421 g/mol. The summed E-state index contributed by atoms with van der Waals surface area (Å²) in [6, 6.07) is 5.46. The van der Waals surface area contributed by atoms with E-state index in [1.807, 2.05) is 20.0 Å². The number of carbonyl (C=O) groups is 1. The zero-order valence-electron chi connectivity index (χ0n) is 13.7. The maximum atomic E-state index is 11.9. The second kappa shape index (κ2) is 10.6. The van der Waals surface area contributed by atoms with Gasteiger partial charge in [-0.25, -0.2) is 4.99 Å². The van der Waals surface area contributed by atoms with E-state index in [4.69, 9.17) is 0 Å². The Labute approximate surface area is 158 Å². The van der Waals surface area contributed by atoms with E-state index in [-0.39, 0.29) is 36.4 Å². The molecule has 0 aliphatic rings. The van der Waals surface area contributed by atoms with Crippen molar-refractivity contribution in [2.75, 3.05) is 18.4 Å². The Hall–Kier alpha value is -2.17. The van der Waals surface area contributed by atoms with Crippen molar-refractivity contribution in [1.82, 2.24) is 25.4 Å². The first-order valence-corrected chi connectivity index (χ1v) is 7.38. The van der Waals surface area contributed by atoms with Crippen molar-refractivity contribution in [3.63, 3.8) is 0 Å².